The first-order valence-electron chi connectivity index (χ1n) is 9.03. The number of hydrogen-bond acceptors (Lipinski definition) is 4. The molecule has 0 spiro atoms. The molecule has 0 bridgehead atoms. The minimum atomic E-state index is -0.226. The summed E-state index contributed by atoms with van der Waals surface area (Å²) < 4.78 is 10.8. The fourth-order valence-corrected chi connectivity index (χ4v) is 2.51. The minimum Gasteiger partial charge on any atom is -0.378 e. The number of nitrogens with zero attached hydrogens (tertiary/aromatic N) is 2. The van der Waals surface area contributed by atoms with Crippen LogP contribution in [-0.4, -0.2) is 58.1 Å². The Balaban J connectivity index is 1.92. The van der Waals surface area contributed by atoms with Gasteiger partial charge in [-0.3, -0.25) is 0 Å². The third-order valence-corrected chi connectivity index (χ3v) is 4.31. The second-order valence-electron chi connectivity index (χ2n) is 6.78. The molecular weight excluding hydrogens is 316 g/mol. The number of rotatable bonds is 7. The zero-order chi connectivity index (χ0) is 18.1. The van der Waals surface area contributed by atoms with Crippen LogP contribution in [0.25, 0.3) is 0 Å². The van der Waals surface area contributed by atoms with Crippen molar-refractivity contribution in [2.75, 3.05) is 51.4 Å². The maximum absolute atomic E-state index is 5.44. The van der Waals surface area contributed by atoms with E-state index in [4.69, 9.17) is 9.47 Å². The summed E-state index contributed by atoms with van der Waals surface area (Å²) in [5.74, 6) is 0.810. The van der Waals surface area contributed by atoms with Crippen molar-refractivity contribution in [1.29, 1.82) is 0 Å². The van der Waals surface area contributed by atoms with E-state index in [1.165, 1.54) is 11.3 Å². The maximum Gasteiger partial charge on any atom is 0.191 e. The number of anilines is 1. The molecule has 2 rings (SSSR count). The quantitative estimate of drug-likeness (QED) is 0.583. The van der Waals surface area contributed by atoms with Crippen LogP contribution in [0.2, 0.25) is 0 Å². The van der Waals surface area contributed by atoms with Crippen LogP contribution in [-0.2, 0) is 16.0 Å². The molecule has 1 heterocycles. The lowest BCUT2D eigenvalue weighted by atomic mass is 10.1. The molecule has 0 radical (unpaired) electrons. The molecule has 0 saturated carbocycles. The summed E-state index contributed by atoms with van der Waals surface area (Å²) in [6.45, 7) is 11.9. The Kier molecular flexibility index (Phi) is 7.52. The Morgan fingerprint density at radius 3 is 2.48 bits per heavy atom. The van der Waals surface area contributed by atoms with Crippen LogP contribution < -0.4 is 15.5 Å². The van der Waals surface area contributed by atoms with Gasteiger partial charge >= 0.3 is 0 Å². The van der Waals surface area contributed by atoms with Gasteiger partial charge in [-0.1, -0.05) is 12.1 Å². The molecule has 0 unspecified atom stereocenters. The average Bonchev–Trinajstić information content (AvgIpc) is 2.65. The number of methoxy groups -OCH3 is 1. The van der Waals surface area contributed by atoms with Crippen molar-refractivity contribution in [3.8, 4) is 0 Å². The molecule has 1 fully saturated rings. The number of ether oxygens (including phenoxy) is 2. The molecule has 25 heavy (non-hydrogen) atoms. The standard InChI is InChI=1S/C19H32N4O2/c1-5-20-18(22-15-19(2,3)24-4)21-14-16-6-8-17(9-7-16)23-10-12-25-13-11-23/h6-9H,5,10-15H2,1-4H3,(H2,20,21,22). The number of aliphatic imine (C=N–C) groups is 1. The van der Waals surface area contributed by atoms with E-state index in [1.807, 2.05) is 13.8 Å². The Morgan fingerprint density at radius 1 is 1.20 bits per heavy atom. The second kappa shape index (κ2) is 9.63. The lowest BCUT2D eigenvalue weighted by molar-refractivity contribution is 0.0268. The van der Waals surface area contributed by atoms with Gasteiger partial charge in [-0.05, 0) is 38.5 Å². The predicted molar refractivity (Wildman–Crippen MR) is 103 cm³/mol. The van der Waals surface area contributed by atoms with E-state index in [0.29, 0.717) is 13.1 Å². The van der Waals surface area contributed by atoms with Crippen molar-refractivity contribution >= 4 is 11.6 Å². The number of benzene rings is 1. The highest BCUT2D eigenvalue weighted by molar-refractivity contribution is 5.79. The highest BCUT2D eigenvalue weighted by Crippen LogP contribution is 2.17. The summed E-state index contributed by atoms with van der Waals surface area (Å²) in [5, 5.41) is 6.61. The molecule has 140 valence electrons. The van der Waals surface area contributed by atoms with Crippen molar-refractivity contribution in [3.63, 3.8) is 0 Å². The molecule has 2 N–H and O–H groups in total. The molecule has 1 aromatic rings. The Hall–Kier alpha value is -1.79. The summed E-state index contributed by atoms with van der Waals surface area (Å²) in [5.41, 5.74) is 2.22. The van der Waals surface area contributed by atoms with Crippen molar-refractivity contribution in [2.45, 2.75) is 32.9 Å². The minimum absolute atomic E-state index is 0.226. The van der Waals surface area contributed by atoms with Crippen molar-refractivity contribution < 1.29 is 9.47 Å². The number of nitrogens with one attached hydrogen (secondary N) is 2. The Bertz CT molecular complexity index is 537. The SMILES string of the molecule is CCNC(=NCc1ccc(N2CCOCC2)cc1)NCC(C)(C)OC. The molecular formula is C19H32N4O2. The van der Waals surface area contributed by atoms with Crippen LogP contribution in [0.5, 0.6) is 0 Å². The number of guanidine groups is 1. The topological polar surface area (TPSA) is 58.1 Å². The van der Waals surface area contributed by atoms with Gasteiger partial charge in [0.1, 0.15) is 0 Å². The van der Waals surface area contributed by atoms with E-state index in [1.54, 1.807) is 7.11 Å². The first-order chi connectivity index (χ1) is 12.0. The van der Waals surface area contributed by atoms with Gasteiger partial charge in [0.05, 0.1) is 25.4 Å². The molecule has 0 aromatic heterocycles. The van der Waals surface area contributed by atoms with Crippen LogP contribution in [0.1, 0.15) is 26.3 Å². The van der Waals surface area contributed by atoms with Crippen molar-refractivity contribution in [1.82, 2.24) is 10.6 Å². The molecule has 0 amide bonds. The fourth-order valence-electron chi connectivity index (χ4n) is 2.51. The molecule has 0 aliphatic carbocycles. The van der Waals surface area contributed by atoms with E-state index in [-0.39, 0.29) is 5.60 Å². The van der Waals surface area contributed by atoms with Gasteiger partial charge in [-0.2, -0.15) is 0 Å². The zero-order valence-corrected chi connectivity index (χ0v) is 16.0. The summed E-state index contributed by atoms with van der Waals surface area (Å²) in [7, 11) is 1.72. The molecule has 1 saturated heterocycles. The first-order valence-corrected chi connectivity index (χ1v) is 9.03. The van der Waals surface area contributed by atoms with Gasteiger partial charge in [0, 0.05) is 39.0 Å². The number of morpholine rings is 1. The third-order valence-electron chi connectivity index (χ3n) is 4.31. The van der Waals surface area contributed by atoms with Crippen LogP contribution in [0, 0.1) is 0 Å². The van der Waals surface area contributed by atoms with Gasteiger partial charge < -0.3 is 25.0 Å². The van der Waals surface area contributed by atoms with Gasteiger partial charge in [0.2, 0.25) is 0 Å². The van der Waals surface area contributed by atoms with Gasteiger partial charge in [-0.15, -0.1) is 0 Å². The van der Waals surface area contributed by atoms with E-state index in [9.17, 15) is 0 Å². The lowest BCUT2D eigenvalue weighted by Gasteiger charge is -2.28. The van der Waals surface area contributed by atoms with Crippen LogP contribution in [0.15, 0.2) is 29.3 Å². The Morgan fingerprint density at radius 2 is 1.88 bits per heavy atom. The third kappa shape index (κ3) is 6.55. The second-order valence-corrected chi connectivity index (χ2v) is 6.78. The number of hydrogen-bond donors (Lipinski definition) is 2. The normalized spacial score (nSPS) is 16.0. The van der Waals surface area contributed by atoms with Crippen molar-refractivity contribution in [3.05, 3.63) is 29.8 Å². The molecule has 1 aliphatic heterocycles. The highest BCUT2D eigenvalue weighted by Gasteiger charge is 2.16. The predicted octanol–water partition coefficient (Wildman–Crippen LogP) is 2.00. The summed E-state index contributed by atoms with van der Waals surface area (Å²) in [4.78, 5) is 7.02. The maximum atomic E-state index is 5.44. The largest absolute Gasteiger partial charge is 0.378 e. The van der Waals surface area contributed by atoms with Crippen molar-refractivity contribution in [2.24, 2.45) is 4.99 Å². The average molecular weight is 348 g/mol. The molecule has 0 atom stereocenters. The van der Waals surface area contributed by atoms with E-state index >= 15 is 0 Å². The van der Waals surface area contributed by atoms with Crippen LogP contribution >= 0.6 is 0 Å². The fraction of sp³-hybridized carbons (Fsp3) is 0.632. The molecule has 1 aromatic carbocycles. The molecule has 6 heteroatoms. The van der Waals surface area contributed by atoms with Crippen LogP contribution in [0.3, 0.4) is 0 Å². The van der Waals surface area contributed by atoms with Gasteiger partial charge in [0.15, 0.2) is 5.96 Å². The van der Waals surface area contributed by atoms with Gasteiger partial charge in [0.25, 0.3) is 0 Å². The monoisotopic (exact) mass is 348 g/mol. The molecule has 1 aliphatic rings. The van der Waals surface area contributed by atoms with E-state index in [2.05, 4.69) is 51.7 Å². The van der Waals surface area contributed by atoms with E-state index in [0.717, 1.165) is 38.8 Å². The summed E-state index contributed by atoms with van der Waals surface area (Å²) >= 11 is 0. The summed E-state index contributed by atoms with van der Waals surface area (Å²) in [6.07, 6.45) is 0. The smallest absolute Gasteiger partial charge is 0.191 e. The first kappa shape index (κ1) is 19.5. The van der Waals surface area contributed by atoms with Crippen LogP contribution in [0.4, 0.5) is 5.69 Å². The molecule has 6 nitrogen and oxygen atoms in total. The highest BCUT2D eigenvalue weighted by atomic mass is 16.5. The summed E-state index contributed by atoms with van der Waals surface area (Å²) in [6, 6.07) is 8.64. The Labute approximate surface area is 151 Å². The van der Waals surface area contributed by atoms with E-state index < -0.39 is 0 Å². The zero-order valence-electron chi connectivity index (χ0n) is 16.0. The van der Waals surface area contributed by atoms with Gasteiger partial charge in [-0.25, -0.2) is 4.99 Å². The lowest BCUT2D eigenvalue weighted by Crippen LogP contribution is -2.45.